The molecule has 1 amide bonds. The van der Waals surface area contributed by atoms with Gasteiger partial charge in [0, 0.05) is 19.3 Å². The monoisotopic (exact) mass is 397 g/mol. The Morgan fingerprint density at radius 3 is 2.69 bits per heavy atom. The Hall–Kier alpha value is -2.67. The molecule has 0 bridgehead atoms. The fourth-order valence-corrected chi connectivity index (χ4v) is 3.78. The van der Waals surface area contributed by atoms with Gasteiger partial charge in [-0.05, 0) is 64.0 Å². The lowest BCUT2D eigenvalue weighted by atomic mass is 10.1. The number of hydrogen-bond acceptors (Lipinski definition) is 4. The first kappa shape index (κ1) is 21.0. The number of amides is 1. The molecule has 7 nitrogen and oxygen atoms in total. The third-order valence-corrected chi connectivity index (χ3v) is 5.64. The standard InChI is InChI=1S/C22H31N5O2/c1-6-26(7-2)12-9-11-16(4)23-21(28)18-14-17-20(25(18)5)24-19-15(3)10-8-13-27(19)22(17)29/h8,10,13-14,16H,6-7,9,11-12H2,1-5H3,(H,23,28). The Balaban J connectivity index is 1.81. The highest BCUT2D eigenvalue weighted by molar-refractivity contribution is 5.98. The van der Waals surface area contributed by atoms with Crippen molar-refractivity contribution in [1.82, 2.24) is 24.2 Å². The molecule has 3 aromatic heterocycles. The van der Waals surface area contributed by atoms with E-state index in [1.54, 1.807) is 23.9 Å². The summed E-state index contributed by atoms with van der Waals surface area (Å²) in [5.41, 5.74) is 2.36. The van der Waals surface area contributed by atoms with E-state index in [1.165, 1.54) is 4.40 Å². The number of carbonyl (C=O) groups is 1. The molecule has 156 valence electrons. The number of carbonyl (C=O) groups excluding carboxylic acids is 1. The molecule has 1 N–H and O–H groups in total. The molecule has 29 heavy (non-hydrogen) atoms. The molecule has 3 heterocycles. The molecule has 0 aliphatic carbocycles. The molecule has 0 aromatic carbocycles. The van der Waals surface area contributed by atoms with Crippen LogP contribution in [-0.2, 0) is 7.05 Å². The van der Waals surface area contributed by atoms with Crippen molar-refractivity contribution in [3.8, 4) is 0 Å². The van der Waals surface area contributed by atoms with E-state index in [4.69, 9.17) is 0 Å². The van der Waals surface area contributed by atoms with E-state index in [0.29, 0.717) is 22.4 Å². The Morgan fingerprint density at radius 2 is 2.00 bits per heavy atom. The van der Waals surface area contributed by atoms with Crippen molar-refractivity contribution in [2.75, 3.05) is 19.6 Å². The molecule has 0 saturated heterocycles. The number of aryl methyl sites for hydroxylation is 2. The van der Waals surface area contributed by atoms with Crippen LogP contribution in [0.1, 0.15) is 49.7 Å². The van der Waals surface area contributed by atoms with Crippen LogP contribution in [0.4, 0.5) is 0 Å². The average molecular weight is 398 g/mol. The smallest absolute Gasteiger partial charge is 0.268 e. The summed E-state index contributed by atoms with van der Waals surface area (Å²) >= 11 is 0. The summed E-state index contributed by atoms with van der Waals surface area (Å²) in [5, 5.41) is 3.52. The molecular formula is C22H31N5O2. The number of rotatable bonds is 8. The highest BCUT2D eigenvalue weighted by atomic mass is 16.2. The van der Waals surface area contributed by atoms with Gasteiger partial charge in [0.2, 0.25) is 0 Å². The van der Waals surface area contributed by atoms with Gasteiger partial charge in [-0.1, -0.05) is 19.9 Å². The van der Waals surface area contributed by atoms with Crippen LogP contribution < -0.4 is 10.9 Å². The summed E-state index contributed by atoms with van der Waals surface area (Å²) < 4.78 is 3.25. The maximum Gasteiger partial charge on any atom is 0.268 e. The molecular weight excluding hydrogens is 366 g/mol. The average Bonchev–Trinajstić information content (AvgIpc) is 3.03. The van der Waals surface area contributed by atoms with Crippen LogP contribution in [0, 0.1) is 6.92 Å². The number of aromatic nitrogens is 3. The molecule has 1 unspecified atom stereocenters. The summed E-state index contributed by atoms with van der Waals surface area (Å²) in [6.07, 6.45) is 3.66. The zero-order valence-electron chi connectivity index (χ0n) is 18.0. The topological polar surface area (TPSA) is 71.6 Å². The van der Waals surface area contributed by atoms with E-state index in [9.17, 15) is 9.59 Å². The lowest BCUT2D eigenvalue weighted by molar-refractivity contribution is 0.0929. The second kappa shape index (κ2) is 8.78. The quantitative estimate of drug-likeness (QED) is 0.634. The van der Waals surface area contributed by atoms with Crippen LogP contribution in [-0.4, -0.2) is 50.4 Å². The highest BCUT2D eigenvalue weighted by Gasteiger charge is 2.19. The molecule has 0 fully saturated rings. The SMILES string of the molecule is CCN(CC)CCCC(C)NC(=O)c1cc2c(=O)n3cccc(C)c3nc2n1C. The molecule has 3 aromatic rings. The fourth-order valence-electron chi connectivity index (χ4n) is 3.78. The van der Waals surface area contributed by atoms with Crippen LogP contribution in [0.25, 0.3) is 16.7 Å². The first-order valence-corrected chi connectivity index (χ1v) is 10.4. The van der Waals surface area contributed by atoms with Gasteiger partial charge in [-0.15, -0.1) is 0 Å². The first-order valence-electron chi connectivity index (χ1n) is 10.4. The first-order chi connectivity index (χ1) is 13.9. The molecule has 0 radical (unpaired) electrons. The predicted molar refractivity (Wildman–Crippen MR) is 117 cm³/mol. The largest absolute Gasteiger partial charge is 0.348 e. The highest BCUT2D eigenvalue weighted by Crippen LogP contribution is 2.16. The van der Waals surface area contributed by atoms with E-state index >= 15 is 0 Å². The van der Waals surface area contributed by atoms with Gasteiger partial charge in [0.15, 0.2) is 0 Å². The van der Waals surface area contributed by atoms with Gasteiger partial charge in [0.1, 0.15) is 17.0 Å². The van der Waals surface area contributed by atoms with E-state index in [-0.39, 0.29) is 17.5 Å². The number of nitrogens with zero attached hydrogens (tertiary/aromatic N) is 4. The van der Waals surface area contributed by atoms with Crippen LogP contribution in [0.5, 0.6) is 0 Å². The van der Waals surface area contributed by atoms with Crippen molar-refractivity contribution < 1.29 is 4.79 Å². The molecule has 3 rings (SSSR count). The van der Waals surface area contributed by atoms with E-state index in [0.717, 1.165) is 38.0 Å². The fraction of sp³-hybridized carbons (Fsp3) is 0.500. The summed E-state index contributed by atoms with van der Waals surface area (Å²) in [6.45, 7) is 11.4. The lowest BCUT2D eigenvalue weighted by Gasteiger charge is -2.19. The molecule has 0 aliphatic heterocycles. The van der Waals surface area contributed by atoms with E-state index in [1.807, 2.05) is 26.0 Å². The van der Waals surface area contributed by atoms with Crippen molar-refractivity contribution in [3.63, 3.8) is 0 Å². The second-order valence-corrected chi connectivity index (χ2v) is 7.67. The lowest BCUT2D eigenvalue weighted by Crippen LogP contribution is -2.34. The summed E-state index contributed by atoms with van der Waals surface area (Å²) in [4.78, 5) is 32.8. The minimum Gasteiger partial charge on any atom is -0.348 e. The summed E-state index contributed by atoms with van der Waals surface area (Å²) in [6, 6.07) is 5.46. The van der Waals surface area contributed by atoms with Gasteiger partial charge in [-0.3, -0.25) is 14.0 Å². The molecule has 7 heteroatoms. The number of pyridine rings is 1. The summed E-state index contributed by atoms with van der Waals surface area (Å²) in [7, 11) is 1.78. The van der Waals surface area contributed by atoms with Crippen molar-refractivity contribution in [2.24, 2.45) is 7.05 Å². The zero-order chi connectivity index (χ0) is 21.1. The third kappa shape index (κ3) is 4.19. The zero-order valence-corrected chi connectivity index (χ0v) is 18.0. The predicted octanol–water partition coefficient (Wildman–Crippen LogP) is 2.73. The van der Waals surface area contributed by atoms with Crippen LogP contribution in [0.15, 0.2) is 29.2 Å². The number of fused-ring (bicyclic) bond motifs is 2. The number of nitrogens with one attached hydrogen (secondary N) is 1. The molecule has 0 spiro atoms. The third-order valence-electron chi connectivity index (χ3n) is 5.64. The maximum atomic E-state index is 12.9. The Kier molecular flexibility index (Phi) is 6.37. The van der Waals surface area contributed by atoms with Gasteiger partial charge < -0.3 is 14.8 Å². The van der Waals surface area contributed by atoms with Gasteiger partial charge in [-0.25, -0.2) is 4.98 Å². The molecule has 0 aliphatic rings. The Labute approximate surface area is 171 Å². The van der Waals surface area contributed by atoms with E-state index in [2.05, 4.69) is 29.0 Å². The van der Waals surface area contributed by atoms with Crippen molar-refractivity contribution in [2.45, 2.75) is 46.6 Å². The minimum absolute atomic E-state index is 0.0615. The van der Waals surface area contributed by atoms with Crippen LogP contribution >= 0.6 is 0 Å². The Morgan fingerprint density at radius 1 is 1.28 bits per heavy atom. The normalized spacial score (nSPS) is 12.8. The van der Waals surface area contributed by atoms with Crippen LogP contribution in [0.3, 0.4) is 0 Å². The summed E-state index contributed by atoms with van der Waals surface area (Å²) in [5.74, 6) is -0.175. The number of hydrogen-bond donors (Lipinski definition) is 1. The van der Waals surface area contributed by atoms with Crippen molar-refractivity contribution >= 4 is 22.6 Å². The van der Waals surface area contributed by atoms with Gasteiger partial charge >= 0.3 is 0 Å². The van der Waals surface area contributed by atoms with Gasteiger partial charge in [-0.2, -0.15) is 0 Å². The van der Waals surface area contributed by atoms with Gasteiger partial charge in [0.05, 0.1) is 5.39 Å². The molecule has 0 saturated carbocycles. The van der Waals surface area contributed by atoms with Crippen molar-refractivity contribution in [3.05, 3.63) is 46.0 Å². The second-order valence-electron chi connectivity index (χ2n) is 7.67. The van der Waals surface area contributed by atoms with Crippen LogP contribution in [0.2, 0.25) is 0 Å². The maximum absolute atomic E-state index is 12.9. The minimum atomic E-state index is -0.175. The van der Waals surface area contributed by atoms with Gasteiger partial charge in [0.25, 0.3) is 11.5 Å². The van der Waals surface area contributed by atoms with Crippen molar-refractivity contribution in [1.29, 1.82) is 0 Å². The van der Waals surface area contributed by atoms with E-state index < -0.39 is 0 Å². The molecule has 1 atom stereocenters. The Bertz CT molecular complexity index is 1080.